The molecule has 0 saturated carbocycles. The average molecular weight is 388 g/mol. The van der Waals surface area contributed by atoms with Crippen molar-refractivity contribution in [3.05, 3.63) is 43.0 Å². The Balaban J connectivity index is 0.00000162. The van der Waals surface area contributed by atoms with E-state index in [0.717, 1.165) is 6.56 Å². The molecule has 0 radical (unpaired) electrons. The first-order chi connectivity index (χ1) is 8.00. The van der Waals surface area contributed by atoms with Crippen molar-refractivity contribution < 1.29 is 59.3 Å². The van der Waals surface area contributed by atoms with Crippen LogP contribution in [0.2, 0.25) is 0 Å². The van der Waals surface area contributed by atoms with E-state index in [1.54, 1.807) is 0 Å². The fraction of sp³-hybridized carbons (Fsp3) is 0.308. The van der Waals surface area contributed by atoms with E-state index in [1.807, 2.05) is 36.5 Å². The third-order valence-corrected chi connectivity index (χ3v) is 10.5. The predicted octanol–water partition coefficient (Wildman–Crippen LogP) is -1.95. The summed E-state index contributed by atoms with van der Waals surface area (Å²) in [4.78, 5) is 0. The maximum absolute atomic E-state index is 12.9. The van der Waals surface area contributed by atoms with Crippen LogP contribution in [0, 0.1) is 0 Å². The Bertz CT molecular complexity index is 451. The van der Waals surface area contributed by atoms with Crippen molar-refractivity contribution in [2.75, 3.05) is 0 Å². The number of hydrogen-bond acceptors (Lipinski definition) is 0. The van der Waals surface area contributed by atoms with Crippen LogP contribution in [0.15, 0.2) is 43.0 Å². The van der Waals surface area contributed by atoms with Crippen LogP contribution in [0.1, 0.15) is 19.8 Å². The molecule has 0 amide bonds. The van der Waals surface area contributed by atoms with Gasteiger partial charge in [-0.15, -0.1) is 0 Å². The summed E-state index contributed by atoms with van der Waals surface area (Å²) in [7, 11) is 0. The minimum Gasteiger partial charge on any atom is -1.00 e. The van der Waals surface area contributed by atoms with Gasteiger partial charge >= 0.3 is 107 Å². The van der Waals surface area contributed by atoms with Crippen LogP contribution < -0.4 is 24.8 Å². The van der Waals surface area contributed by atoms with Crippen molar-refractivity contribution in [3.8, 4) is 0 Å². The Kier molecular flexibility index (Phi) is 7.79. The number of hydrogen-bond donors (Lipinski definition) is 0. The largest absolute Gasteiger partial charge is 1.00 e. The molecule has 104 valence electrons. The van der Waals surface area contributed by atoms with Gasteiger partial charge < -0.3 is 24.8 Å². The van der Waals surface area contributed by atoms with E-state index in [-0.39, 0.29) is 28.0 Å². The normalized spacial score (nSPS) is 15.9. The van der Waals surface area contributed by atoms with Crippen molar-refractivity contribution in [2.24, 2.45) is 0 Å². The van der Waals surface area contributed by atoms with Crippen LogP contribution >= 0.6 is 0 Å². The molecule has 0 aromatic heterocycles. The Morgan fingerprint density at radius 3 is 1.68 bits per heavy atom. The summed E-state index contributed by atoms with van der Waals surface area (Å²) in [5, 5.41) is 0. The predicted molar refractivity (Wildman–Crippen MR) is 60.4 cm³/mol. The van der Waals surface area contributed by atoms with Crippen LogP contribution in [0.3, 0.4) is 0 Å². The molecule has 0 aliphatic heterocycles. The van der Waals surface area contributed by atoms with Gasteiger partial charge in [0.15, 0.2) is 0 Å². The quantitative estimate of drug-likeness (QED) is 0.516. The Morgan fingerprint density at radius 2 is 1.42 bits per heavy atom. The van der Waals surface area contributed by atoms with Gasteiger partial charge in [-0.3, -0.25) is 0 Å². The Labute approximate surface area is 131 Å². The van der Waals surface area contributed by atoms with Gasteiger partial charge in [0.05, 0.1) is 0 Å². The molecule has 2 aliphatic carbocycles. The molecule has 0 saturated heterocycles. The molecule has 0 fully saturated rings. The fourth-order valence-electron chi connectivity index (χ4n) is 2.09. The third kappa shape index (κ3) is 4.54. The van der Waals surface area contributed by atoms with Gasteiger partial charge in [0.2, 0.25) is 0 Å². The molecule has 0 nitrogen and oxygen atoms in total. The minimum absolute atomic E-state index is 0. The Hall–Kier alpha value is 0.0831. The van der Waals surface area contributed by atoms with Gasteiger partial charge in [-0.25, -0.2) is 0 Å². The van der Waals surface area contributed by atoms with Gasteiger partial charge in [0, 0.05) is 0 Å². The molecule has 2 aliphatic rings. The van der Waals surface area contributed by atoms with Crippen LogP contribution in [-0.2, 0) is 21.3 Å². The van der Waals surface area contributed by atoms with Crippen LogP contribution in [-0.4, -0.2) is 9.38 Å². The summed E-state index contributed by atoms with van der Waals surface area (Å²) in [5.41, 5.74) is 0. The number of halogens is 5. The van der Waals surface area contributed by atoms with E-state index in [1.165, 1.54) is 6.92 Å². The van der Waals surface area contributed by atoms with Crippen molar-refractivity contribution in [3.63, 3.8) is 0 Å². The summed E-state index contributed by atoms with van der Waals surface area (Å²) >= 11 is -2.83. The first kappa shape index (κ1) is 19.1. The van der Waals surface area contributed by atoms with Crippen molar-refractivity contribution in [2.45, 2.75) is 25.9 Å². The molecular weight excluding hydrogens is 375 g/mol. The van der Waals surface area contributed by atoms with E-state index < -0.39 is 27.4 Å². The zero-order valence-corrected chi connectivity index (χ0v) is 14.2. The van der Waals surface area contributed by atoms with Gasteiger partial charge in [0.25, 0.3) is 0 Å². The molecule has 0 atom stereocenters. The zero-order chi connectivity index (χ0) is 12.5. The first-order valence-corrected chi connectivity index (χ1v) is 9.19. The van der Waals surface area contributed by atoms with E-state index in [0.29, 0.717) is 12.8 Å². The third-order valence-electron chi connectivity index (χ3n) is 2.98. The summed E-state index contributed by atoms with van der Waals surface area (Å²) in [6.07, 6.45) is 8.71. The van der Waals surface area contributed by atoms with E-state index in [9.17, 15) is 13.2 Å². The second kappa shape index (κ2) is 7.76. The molecule has 0 spiro atoms. The Morgan fingerprint density at radius 1 is 1.00 bits per heavy atom. The fourth-order valence-corrected chi connectivity index (χ4v) is 9.05. The van der Waals surface area contributed by atoms with Gasteiger partial charge in [-0.05, 0) is 0 Å². The first-order valence-electron chi connectivity index (χ1n) is 5.50. The summed E-state index contributed by atoms with van der Waals surface area (Å²) in [6, 6.07) is 0. The molecule has 0 aromatic carbocycles. The SMILES string of the molecule is C[C](=[Zr+2]([C]1=CC=CC1)[C]1=CC=CC1)C(F)(F)F.[Cl-].[Cl-]. The standard InChI is InChI=1S/2C5H5.C3H3F3.2ClH.Zr/c2*1-2-4-5-3-1;1-2-3(4,5)6;;;/h2*1-3H,4H2;1H3;2*1H;/q;;;;;+2/p-2. The van der Waals surface area contributed by atoms with Crippen LogP contribution in [0.4, 0.5) is 13.2 Å². The summed E-state index contributed by atoms with van der Waals surface area (Å²) in [5.74, 6) is 0. The van der Waals surface area contributed by atoms with Crippen molar-refractivity contribution in [1.82, 2.24) is 0 Å². The minimum atomic E-state index is -4.14. The van der Waals surface area contributed by atoms with Gasteiger partial charge in [-0.2, -0.15) is 0 Å². The zero-order valence-electron chi connectivity index (χ0n) is 10.3. The average Bonchev–Trinajstić information content (AvgIpc) is 2.88. The second-order valence-corrected chi connectivity index (χ2v) is 11.0. The number of alkyl halides is 3. The summed E-state index contributed by atoms with van der Waals surface area (Å²) < 4.78 is 40.6. The van der Waals surface area contributed by atoms with E-state index in [4.69, 9.17) is 0 Å². The van der Waals surface area contributed by atoms with Crippen LogP contribution in [0.25, 0.3) is 0 Å². The molecule has 0 unspecified atom stereocenters. The molecule has 0 aromatic rings. The van der Waals surface area contributed by atoms with Crippen molar-refractivity contribution >= 4 is 3.21 Å². The molecule has 0 heterocycles. The van der Waals surface area contributed by atoms with E-state index >= 15 is 0 Å². The molecular formula is C13H13Cl2F3Zr. The number of rotatable bonds is 2. The maximum atomic E-state index is 12.9. The monoisotopic (exact) mass is 386 g/mol. The number of allylic oxidation sites excluding steroid dienone is 8. The molecule has 0 N–H and O–H groups in total. The maximum Gasteiger partial charge on any atom is -1.00 e. The molecule has 2 rings (SSSR count). The molecule has 0 bridgehead atoms. The van der Waals surface area contributed by atoms with Gasteiger partial charge in [-0.1, -0.05) is 0 Å². The van der Waals surface area contributed by atoms with Crippen molar-refractivity contribution in [1.29, 1.82) is 0 Å². The smallest absolute Gasteiger partial charge is 1.00 e. The van der Waals surface area contributed by atoms with Crippen LogP contribution in [0.5, 0.6) is 0 Å². The van der Waals surface area contributed by atoms with E-state index in [2.05, 4.69) is 0 Å². The topological polar surface area (TPSA) is 0 Å². The summed E-state index contributed by atoms with van der Waals surface area (Å²) in [6.45, 7) is 1.28. The molecule has 6 heteroatoms. The molecule has 19 heavy (non-hydrogen) atoms. The van der Waals surface area contributed by atoms with Gasteiger partial charge in [0.1, 0.15) is 0 Å². The second-order valence-electron chi connectivity index (χ2n) is 4.15.